The minimum Gasteiger partial charge on any atom is -0.394 e. The monoisotopic (exact) mass is 812 g/mol. The Morgan fingerprint density at radius 3 is 1.15 bits per heavy atom. The minimum absolute atomic E-state index is 0.881. The van der Waals surface area contributed by atoms with E-state index in [9.17, 15) is 81.7 Å². The SMILES string of the molecule is C[C@@H]1OC(O)[C@H](O)[C@H](O)[C@H]1O[C@@H]1O[C@H](CO)[C@H](O)[C@H](O[C@H]2O[C@H](CO)[C@@H](O)[C@H](O)[C@@H]2O[C@H]2O[C@H](CO)[C@@H](O)[C@H](O)[C@@H]2O)[C@H]1O[C@H]1O[C@H](CO)[C@@H](O)[C@H](O)[C@H]1O. The molecule has 5 aliphatic heterocycles. The molecule has 5 saturated heterocycles. The van der Waals surface area contributed by atoms with E-state index < -0.39 is 180 Å². The predicted octanol–water partition coefficient (Wildman–Crippen LogP) is -10.9. The van der Waals surface area contributed by atoms with Gasteiger partial charge in [0, 0.05) is 0 Å². The highest BCUT2D eigenvalue weighted by Gasteiger charge is 2.57. The van der Waals surface area contributed by atoms with E-state index in [-0.39, 0.29) is 0 Å². The van der Waals surface area contributed by atoms with Gasteiger partial charge in [0.15, 0.2) is 31.5 Å². The van der Waals surface area contributed by atoms with Gasteiger partial charge in [-0.05, 0) is 6.92 Å². The Labute approximate surface area is 311 Å². The molecule has 0 aliphatic carbocycles. The Balaban J connectivity index is 1.52. The molecule has 55 heavy (non-hydrogen) atoms. The molecule has 0 saturated carbocycles. The number of ether oxygens (including phenoxy) is 9. The second-order valence-corrected chi connectivity index (χ2v) is 13.9. The maximum Gasteiger partial charge on any atom is 0.187 e. The van der Waals surface area contributed by atoms with Crippen molar-refractivity contribution in [3.8, 4) is 0 Å². The molecule has 0 aromatic carbocycles. The first kappa shape index (κ1) is 45.1. The fourth-order valence-electron chi connectivity index (χ4n) is 6.95. The van der Waals surface area contributed by atoms with Crippen molar-refractivity contribution in [3.05, 3.63) is 0 Å². The lowest BCUT2D eigenvalue weighted by molar-refractivity contribution is -0.412. The van der Waals surface area contributed by atoms with E-state index >= 15 is 0 Å². The van der Waals surface area contributed by atoms with Crippen molar-refractivity contribution >= 4 is 0 Å². The van der Waals surface area contributed by atoms with Crippen LogP contribution >= 0.6 is 0 Å². The Bertz CT molecular complexity index is 1190. The van der Waals surface area contributed by atoms with Gasteiger partial charge in [0.1, 0.15) is 116 Å². The molecule has 5 rings (SSSR count). The molecule has 0 aromatic rings. The highest BCUT2D eigenvalue weighted by atomic mass is 16.8. The van der Waals surface area contributed by atoms with Crippen LogP contribution < -0.4 is 0 Å². The smallest absolute Gasteiger partial charge is 0.187 e. The molecule has 25 heteroatoms. The van der Waals surface area contributed by atoms with Crippen LogP contribution in [0.5, 0.6) is 0 Å². The summed E-state index contributed by atoms with van der Waals surface area (Å²) < 4.78 is 51.1. The third-order valence-electron chi connectivity index (χ3n) is 10.3. The van der Waals surface area contributed by atoms with Crippen molar-refractivity contribution < 1.29 is 124 Å². The molecule has 25 nitrogen and oxygen atoms in total. The Morgan fingerprint density at radius 1 is 0.327 bits per heavy atom. The lowest BCUT2D eigenvalue weighted by Crippen LogP contribution is -2.69. The van der Waals surface area contributed by atoms with Gasteiger partial charge in [-0.1, -0.05) is 0 Å². The second kappa shape index (κ2) is 18.9. The van der Waals surface area contributed by atoms with Crippen LogP contribution in [-0.4, -0.2) is 262 Å². The van der Waals surface area contributed by atoms with Crippen LogP contribution in [0.25, 0.3) is 0 Å². The molecule has 5 aliphatic rings. The van der Waals surface area contributed by atoms with Crippen molar-refractivity contribution in [2.75, 3.05) is 26.4 Å². The van der Waals surface area contributed by atoms with Crippen LogP contribution in [0.1, 0.15) is 6.92 Å². The zero-order valence-corrected chi connectivity index (χ0v) is 29.1. The van der Waals surface area contributed by atoms with Gasteiger partial charge in [-0.15, -0.1) is 0 Å². The summed E-state index contributed by atoms with van der Waals surface area (Å²) >= 11 is 0. The Kier molecular flexibility index (Phi) is 15.5. The van der Waals surface area contributed by atoms with Gasteiger partial charge < -0.3 is 124 Å². The van der Waals surface area contributed by atoms with Crippen molar-refractivity contribution in [1.29, 1.82) is 0 Å². The summed E-state index contributed by atoms with van der Waals surface area (Å²) in [6, 6.07) is 0. The summed E-state index contributed by atoms with van der Waals surface area (Å²) in [6.07, 6.45) is -46.6. The molecule has 1 unspecified atom stereocenters. The number of hydrogen-bond acceptors (Lipinski definition) is 25. The van der Waals surface area contributed by atoms with Gasteiger partial charge in [0.05, 0.1) is 32.5 Å². The van der Waals surface area contributed by atoms with Crippen LogP contribution in [-0.2, 0) is 42.6 Å². The van der Waals surface area contributed by atoms with Crippen LogP contribution in [0.4, 0.5) is 0 Å². The van der Waals surface area contributed by atoms with Gasteiger partial charge in [0.2, 0.25) is 0 Å². The topological polar surface area (TPSA) is 407 Å². The average Bonchev–Trinajstić information content (AvgIpc) is 3.17. The van der Waals surface area contributed by atoms with E-state index in [0.717, 1.165) is 0 Å². The molecular formula is C30H52O25. The van der Waals surface area contributed by atoms with Crippen LogP contribution in [0.2, 0.25) is 0 Å². The van der Waals surface area contributed by atoms with Gasteiger partial charge in [0.25, 0.3) is 0 Å². The fraction of sp³-hybridized carbons (Fsp3) is 1.00. The number of rotatable bonds is 12. The molecule has 322 valence electrons. The molecule has 5 fully saturated rings. The number of aliphatic hydroxyl groups is 16. The molecule has 5 heterocycles. The zero-order chi connectivity index (χ0) is 40.6. The summed E-state index contributed by atoms with van der Waals surface area (Å²) in [7, 11) is 0. The van der Waals surface area contributed by atoms with Crippen molar-refractivity contribution in [2.45, 2.75) is 160 Å². The van der Waals surface area contributed by atoms with E-state index in [1.807, 2.05) is 0 Å². The standard InChI is InChI=1S/C30H52O25/c1-6-22(18(42)19(43)26(46)47-6)52-30-25(55-28-21(45)16(40)12(36)8(3-32)49-28)23(14(38)10(5-34)51-30)53-29-24(17(41)13(37)9(4-33)50-29)54-27-20(44)15(39)11(35)7(2-31)48-27/h6-46H,2-5H2,1H3/t6-,7+,8+,9+,10+,11+,12+,13+,14-,15-,16-,17-,18-,19+,20-,21+,22-,23-,24-,25+,26?,27+,28+,29+,30-/m0/s1. The van der Waals surface area contributed by atoms with Crippen molar-refractivity contribution in [3.63, 3.8) is 0 Å². The normalized spacial score (nSPS) is 53.9. The zero-order valence-electron chi connectivity index (χ0n) is 29.1. The fourth-order valence-corrected chi connectivity index (χ4v) is 6.95. The highest BCUT2D eigenvalue weighted by molar-refractivity contribution is 4.99. The summed E-state index contributed by atoms with van der Waals surface area (Å²) in [5.74, 6) is 0. The summed E-state index contributed by atoms with van der Waals surface area (Å²) in [5, 5.41) is 167. The molecule has 0 aromatic heterocycles. The largest absolute Gasteiger partial charge is 0.394 e. The molecule has 25 atom stereocenters. The molecule has 0 radical (unpaired) electrons. The third-order valence-corrected chi connectivity index (χ3v) is 10.3. The lowest BCUT2D eigenvalue weighted by Gasteiger charge is -2.51. The highest BCUT2D eigenvalue weighted by Crippen LogP contribution is 2.37. The van der Waals surface area contributed by atoms with E-state index in [1.54, 1.807) is 0 Å². The predicted molar refractivity (Wildman–Crippen MR) is 165 cm³/mol. The van der Waals surface area contributed by atoms with Crippen LogP contribution in [0.3, 0.4) is 0 Å². The molecule has 0 spiro atoms. The maximum atomic E-state index is 11.5. The quantitative estimate of drug-likeness (QED) is 0.0870. The van der Waals surface area contributed by atoms with Crippen LogP contribution in [0, 0.1) is 0 Å². The maximum absolute atomic E-state index is 11.5. The van der Waals surface area contributed by atoms with E-state index in [2.05, 4.69) is 0 Å². The molecule has 0 amide bonds. The number of hydrogen-bond donors (Lipinski definition) is 16. The molecular weight excluding hydrogens is 760 g/mol. The van der Waals surface area contributed by atoms with E-state index in [4.69, 9.17) is 42.6 Å². The van der Waals surface area contributed by atoms with Crippen molar-refractivity contribution in [1.82, 2.24) is 0 Å². The molecule has 0 bridgehead atoms. The molecule has 16 N–H and O–H groups in total. The van der Waals surface area contributed by atoms with E-state index in [0.29, 0.717) is 0 Å². The van der Waals surface area contributed by atoms with Crippen LogP contribution in [0.15, 0.2) is 0 Å². The second-order valence-electron chi connectivity index (χ2n) is 13.9. The van der Waals surface area contributed by atoms with Gasteiger partial charge >= 0.3 is 0 Å². The Morgan fingerprint density at radius 2 is 0.673 bits per heavy atom. The Hall–Kier alpha value is -1.00. The van der Waals surface area contributed by atoms with Gasteiger partial charge in [-0.3, -0.25) is 0 Å². The van der Waals surface area contributed by atoms with Gasteiger partial charge in [-0.2, -0.15) is 0 Å². The summed E-state index contributed by atoms with van der Waals surface area (Å²) in [5.41, 5.74) is 0. The van der Waals surface area contributed by atoms with Crippen molar-refractivity contribution in [2.24, 2.45) is 0 Å². The van der Waals surface area contributed by atoms with Gasteiger partial charge in [-0.25, -0.2) is 0 Å². The summed E-state index contributed by atoms with van der Waals surface area (Å²) in [6.45, 7) is -2.40. The summed E-state index contributed by atoms with van der Waals surface area (Å²) in [4.78, 5) is 0. The van der Waals surface area contributed by atoms with E-state index in [1.165, 1.54) is 6.92 Å². The first-order chi connectivity index (χ1) is 26.0. The number of aliphatic hydroxyl groups excluding tert-OH is 16. The first-order valence-electron chi connectivity index (χ1n) is 17.5. The minimum atomic E-state index is -2.09. The average molecular weight is 813 g/mol. The third kappa shape index (κ3) is 9.11. The lowest BCUT2D eigenvalue weighted by atomic mass is 9.95. The first-order valence-corrected chi connectivity index (χ1v) is 17.5.